The van der Waals surface area contributed by atoms with Crippen molar-refractivity contribution in [2.75, 3.05) is 20.3 Å². The number of nitrogens with one attached hydrogen (secondary N) is 1. The largest absolute Gasteiger partial charge is 0.435 e. The molecule has 0 atom stereocenters. The summed E-state index contributed by atoms with van der Waals surface area (Å²) in [4.78, 5) is 12.4. The summed E-state index contributed by atoms with van der Waals surface area (Å²) in [5, 5.41) is 3.00. The SMILES string of the molecule is COCC1(CNC(=O)c2ccc(-c3ccc(OC(F)F)cc3)cc2)CCC1. The molecule has 0 aromatic heterocycles. The summed E-state index contributed by atoms with van der Waals surface area (Å²) < 4.78 is 34.0. The quantitative estimate of drug-likeness (QED) is 0.739. The van der Waals surface area contributed by atoms with Gasteiger partial charge in [0.15, 0.2) is 0 Å². The Balaban J connectivity index is 1.60. The Labute approximate surface area is 157 Å². The second kappa shape index (κ2) is 8.48. The first kappa shape index (κ1) is 19.3. The van der Waals surface area contributed by atoms with Crippen LogP contribution in [-0.4, -0.2) is 32.8 Å². The number of methoxy groups -OCH3 is 1. The fourth-order valence-electron chi connectivity index (χ4n) is 3.37. The molecule has 1 N–H and O–H groups in total. The molecule has 0 bridgehead atoms. The highest BCUT2D eigenvalue weighted by Crippen LogP contribution is 2.40. The molecule has 6 heteroatoms. The number of hydrogen-bond donors (Lipinski definition) is 1. The van der Waals surface area contributed by atoms with Crippen LogP contribution in [0.2, 0.25) is 0 Å². The van der Waals surface area contributed by atoms with Crippen LogP contribution in [0.15, 0.2) is 48.5 Å². The number of alkyl halides is 2. The van der Waals surface area contributed by atoms with Crippen LogP contribution >= 0.6 is 0 Å². The van der Waals surface area contributed by atoms with Gasteiger partial charge in [-0.05, 0) is 48.2 Å². The lowest BCUT2D eigenvalue weighted by Gasteiger charge is -2.41. The van der Waals surface area contributed by atoms with Gasteiger partial charge in [0, 0.05) is 24.6 Å². The van der Waals surface area contributed by atoms with E-state index in [0.29, 0.717) is 18.7 Å². The van der Waals surface area contributed by atoms with Crippen LogP contribution in [0.1, 0.15) is 29.6 Å². The number of carbonyl (C=O) groups excluding carboxylic acids is 1. The Hall–Kier alpha value is -2.47. The van der Waals surface area contributed by atoms with Gasteiger partial charge >= 0.3 is 6.61 Å². The van der Waals surface area contributed by atoms with Crippen molar-refractivity contribution in [3.05, 3.63) is 54.1 Å². The van der Waals surface area contributed by atoms with Crippen molar-refractivity contribution < 1.29 is 23.0 Å². The van der Waals surface area contributed by atoms with E-state index in [2.05, 4.69) is 10.1 Å². The van der Waals surface area contributed by atoms with E-state index in [0.717, 1.165) is 24.0 Å². The lowest BCUT2D eigenvalue weighted by Crippen LogP contribution is -2.45. The summed E-state index contributed by atoms with van der Waals surface area (Å²) in [6.07, 6.45) is 3.33. The van der Waals surface area contributed by atoms with E-state index in [1.165, 1.54) is 18.6 Å². The third-order valence-corrected chi connectivity index (χ3v) is 5.05. The molecule has 3 rings (SSSR count). The molecule has 0 heterocycles. The van der Waals surface area contributed by atoms with E-state index >= 15 is 0 Å². The lowest BCUT2D eigenvalue weighted by atomic mass is 9.69. The Morgan fingerprint density at radius 3 is 2.15 bits per heavy atom. The highest BCUT2D eigenvalue weighted by Gasteiger charge is 2.37. The maximum Gasteiger partial charge on any atom is 0.387 e. The molecule has 1 fully saturated rings. The van der Waals surface area contributed by atoms with Crippen LogP contribution in [0, 0.1) is 5.41 Å². The summed E-state index contributed by atoms with van der Waals surface area (Å²) in [6.45, 7) is -1.55. The third kappa shape index (κ3) is 4.83. The van der Waals surface area contributed by atoms with E-state index in [-0.39, 0.29) is 17.1 Å². The molecule has 1 aliphatic rings. The van der Waals surface area contributed by atoms with Crippen molar-refractivity contribution in [2.24, 2.45) is 5.41 Å². The minimum Gasteiger partial charge on any atom is -0.435 e. The summed E-state index contributed by atoms with van der Waals surface area (Å²) in [5.41, 5.74) is 2.41. The summed E-state index contributed by atoms with van der Waals surface area (Å²) in [5.74, 6) is 0.00957. The third-order valence-electron chi connectivity index (χ3n) is 5.05. The van der Waals surface area contributed by atoms with Gasteiger partial charge in [-0.1, -0.05) is 30.7 Å². The fourth-order valence-corrected chi connectivity index (χ4v) is 3.37. The van der Waals surface area contributed by atoms with E-state index in [9.17, 15) is 13.6 Å². The topological polar surface area (TPSA) is 47.6 Å². The van der Waals surface area contributed by atoms with Crippen molar-refractivity contribution in [3.63, 3.8) is 0 Å². The van der Waals surface area contributed by atoms with Gasteiger partial charge in [-0.15, -0.1) is 0 Å². The molecule has 0 spiro atoms. The van der Waals surface area contributed by atoms with Crippen molar-refractivity contribution >= 4 is 5.91 Å². The van der Waals surface area contributed by atoms with Gasteiger partial charge in [0.2, 0.25) is 0 Å². The average molecular weight is 375 g/mol. The molecule has 2 aromatic carbocycles. The zero-order chi connectivity index (χ0) is 19.3. The number of benzene rings is 2. The Kier molecular flexibility index (Phi) is 6.06. The number of hydrogen-bond acceptors (Lipinski definition) is 3. The number of amides is 1. The second-order valence-electron chi connectivity index (χ2n) is 6.95. The van der Waals surface area contributed by atoms with Crippen molar-refractivity contribution in [2.45, 2.75) is 25.9 Å². The normalized spacial score (nSPS) is 15.3. The predicted octanol–water partition coefficient (Wildman–Crippen LogP) is 4.50. The van der Waals surface area contributed by atoms with Gasteiger partial charge in [0.1, 0.15) is 5.75 Å². The Bertz CT molecular complexity index is 756. The number of ether oxygens (including phenoxy) is 2. The van der Waals surface area contributed by atoms with Crippen LogP contribution in [-0.2, 0) is 4.74 Å². The summed E-state index contributed by atoms with van der Waals surface area (Å²) in [7, 11) is 1.69. The van der Waals surface area contributed by atoms with Crippen LogP contribution in [0.25, 0.3) is 11.1 Å². The number of halogens is 2. The first-order chi connectivity index (χ1) is 13.0. The van der Waals surface area contributed by atoms with Gasteiger partial charge in [-0.25, -0.2) is 0 Å². The molecule has 4 nitrogen and oxygen atoms in total. The first-order valence-corrected chi connectivity index (χ1v) is 8.94. The minimum atomic E-state index is -2.84. The van der Waals surface area contributed by atoms with Crippen LogP contribution in [0.4, 0.5) is 8.78 Å². The van der Waals surface area contributed by atoms with Gasteiger partial charge in [0.25, 0.3) is 5.91 Å². The van der Waals surface area contributed by atoms with Gasteiger partial charge < -0.3 is 14.8 Å². The zero-order valence-corrected chi connectivity index (χ0v) is 15.2. The van der Waals surface area contributed by atoms with Gasteiger partial charge in [0.05, 0.1) is 6.61 Å². The molecule has 1 aliphatic carbocycles. The molecule has 0 unspecified atom stereocenters. The molecule has 1 amide bonds. The maximum absolute atomic E-state index is 12.4. The highest BCUT2D eigenvalue weighted by molar-refractivity contribution is 5.94. The molecule has 144 valence electrons. The first-order valence-electron chi connectivity index (χ1n) is 8.94. The molecule has 27 heavy (non-hydrogen) atoms. The second-order valence-corrected chi connectivity index (χ2v) is 6.95. The smallest absolute Gasteiger partial charge is 0.387 e. The molecule has 1 saturated carbocycles. The molecule has 0 radical (unpaired) electrons. The predicted molar refractivity (Wildman–Crippen MR) is 99.0 cm³/mol. The average Bonchev–Trinajstić information content (AvgIpc) is 2.64. The maximum atomic E-state index is 12.4. The van der Waals surface area contributed by atoms with E-state index in [1.807, 2.05) is 12.1 Å². The molecular weight excluding hydrogens is 352 g/mol. The molecule has 2 aromatic rings. The fraction of sp³-hybridized carbons (Fsp3) is 0.381. The minimum absolute atomic E-state index is 0.0758. The van der Waals surface area contributed by atoms with Crippen LogP contribution < -0.4 is 10.1 Å². The highest BCUT2D eigenvalue weighted by atomic mass is 19.3. The van der Waals surface area contributed by atoms with Gasteiger partial charge in [-0.3, -0.25) is 4.79 Å². The summed E-state index contributed by atoms with van der Waals surface area (Å²) in [6, 6.07) is 13.6. The van der Waals surface area contributed by atoms with Crippen molar-refractivity contribution in [1.82, 2.24) is 5.32 Å². The van der Waals surface area contributed by atoms with Crippen LogP contribution in [0.3, 0.4) is 0 Å². The number of rotatable bonds is 8. The molecule has 0 saturated heterocycles. The van der Waals surface area contributed by atoms with Gasteiger partial charge in [-0.2, -0.15) is 8.78 Å². The summed E-state index contributed by atoms with van der Waals surface area (Å²) >= 11 is 0. The van der Waals surface area contributed by atoms with Crippen molar-refractivity contribution in [3.8, 4) is 16.9 Å². The number of carbonyl (C=O) groups is 1. The van der Waals surface area contributed by atoms with E-state index < -0.39 is 6.61 Å². The lowest BCUT2D eigenvalue weighted by molar-refractivity contribution is -0.0498. The van der Waals surface area contributed by atoms with E-state index in [1.54, 1.807) is 31.4 Å². The zero-order valence-electron chi connectivity index (χ0n) is 15.2. The molecular formula is C21H23F2NO3. The Morgan fingerprint density at radius 2 is 1.67 bits per heavy atom. The monoisotopic (exact) mass is 375 g/mol. The van der Waals surface area contributed by atoms with E-state index in [4.69, 9.17) is 4.74 Å². The van der Waals surface area contributed by atoms with Crippen LogP contribution in [0.5, 0.6) is 5.75 Å². The standard InChI is InChI=1S/C21H23F2NO3/c1-26-14-21(11-2-12-21)13-24-19(25)17-5-3-15(4-6-17)16-7-9-18(10-8-16)27-20(22)23/h3-10,20H,2,11-14H2,1H3,(H,24,25). The Morgan fingerprint density at radius 1 is 1.07 bits per heavy atom. The molecule has 0 aliphatic heterocycles. The van der Waals surface area contributed by atoms with Crippen molar-refractivity contribution in [1.29, 1.82) is 0 Å².